The van der Waals surface area contributed by atoms with Crippen molar-refractivity contribution >= 4 is 29.3 Å². The van der Waals surface area contributed by atoms with E-state index in [1.54, 1.807) is 42.6 Å². The van der Waals surface area contributed by atoms with Gasteiger partial charge in [-0.3, -0.25) is 14.6 Å². The Morgan fingerprint density at radius 2 is 1.86 bits per heavy atom. The molecule has 7 heteroatoms. The molecule has 3 rings (SSSR count). The highest BCUT2D eigenvalue weighted by Gasteiger charge is 2.13. The molecule has 0 saturated carbocycles. The van der Waals surface area contributed by atoms with Crippen LogP contribution in [0.4, 0.5) is 5.69 Å². The molecule has 3 aromatic rings. The first kappa shape index (κ1) is 20.1. The number of anilines is 1. The number of carbonyl (C=O) groups is 2. The predicted molar refractivity (Wildman–Crippen MR) is 112 cm³/mol. The van der Waals surface area contributed by atoms with E-state index in [0.717, 1.165) is 5.69 Å². The van der Waals surface area contributed by atoms with E-state index in [2.05, 4.69) is 15.6 Å². The standard InChI is InChI=1S/C22H18N4O2S/c23-13-16-6-5-8-17(12-16)26-21(27)15-29-20-10-2-1-9-19(20)22(28)25-14-18-7-3-4-11-24-18/h1-12H,14-15H2,(H,25,28)(H,26,27). The maximum Gasteiger partial charge on any atom is 0.252 e. The third-order valence-corrected chi connectivity index (χ3v) is 5.00. The summed E-state index contributed by atoms with van der Waals surface area (Å²) in [6.07, 6.45) is 1.68. The highest BCUT2D eigenvalue weighted by Crippen LogP contribution is 2.23. The number of amides is 2. The molecule has 6 nitrogen and oxygen atoms in total. The van der Waals surface area contributed by atoms with Gasteiger partial charge in [0.2, 0.25) is 5.91 Å². The molecule has 144 valence electrons. The molecule has 2 amide bonds. The van der Waals surface area contributed by atoms with Gasteiger partial charge in [-0.15, -0.1) is 11.8 Å². The van der Waals surface area contributed by atoms with Crippen molar-refractivity contribution in [2.45, 2.75) is 11.4 Å². The Hall–Kier alpha value is -3.63. The number of nitriles is 1. The highest BCUT2D eigenvalue weighted by molar-refractivity contribution is 8.00. The summed E-state index contributed by atoms with van der Waals surface area (Å²) >= 11 is 1.28. The van der Waals surface area contributed by atoms with Gasteiger partial charge < -0.3 is 10.6 Å². The number of hydrogen-bond donors (Lipinski definition) is 2. The van der Waals surface area contributed by atoms with E-state index >= 15 is 0 Å². The third kappa shape index (κ3) is 5.92. The lowest BCUT2D eigenvalue weighted by atomic mass is 10.2. The average Bonchev–Trinajstić information content (AvgIpc) is 2.77. The third-order valence-electron chi connectivity index (χ3n) is 3.92. The number of nitrogens with zero attached hydrogens (tertiary/aromatic N) is 2. The fraction of sp³-hybridized carbons (Fsp3) is 0.0909. The molecule has 0 bridgehead atoms. The van der Waals surface area contributed by atoms with Gasteiger partial charge in [-0.05, 0) is 42.5 Å². The first-order valence-electron chi connectivity index (χ1n) is 8.85. The Bertz CT molecular complexity index is 1050. The van der Waals surface area contributed by atoms with Crippen LogP contribution in [-0.2, 0) is 11.3 Å². The molecule has 2 N–H and O–H groups in total. The van der Waals surface area contributed by atoms with Gasteiger partial charge in [0.15, 0.2) is 0 Å². The summed E-state index contributed by atoms with van der Waals surface area (Å²) in [5.74, 6) is -0.295. The molecule has 0 fully saturated rings. The van der Waals surface area contributed by atoms with Crippen molar-refractivity contribution in [2.75, 3.05) is 11.1 Å². The number of aromatic nitrogens is 1. The van der Waals surface area contributed by atoms with Gasteiger partial charge in [0.05, 0.1) is 35.2 Å². The van der Waals surface area contributed by atoms with E-state index in [1.165, 1.54) is 11.8 Å². The Labute approximate surface area is 173 Å². The van der Waals surface area contributed by atoms with Gasteiger partial charge in [-0.25, -0.2) is 0 Å². The molecule has 0 radical (unpaired) electrons. The average molecular weight is 402 g/mol. The highest BCUT2D eigenvalue weighted by atomic mass is 32.2. The summed E-state index contributed by atoms with van der Waals surface area (Å²) in [6.45, 7) is 0.328. The number of benzene rings is 2. The van der Waals surface area contributed by atoms with Crippen LogP contribution in [0.1, 0.15) is 21.6 Å². The van der Waals surface area contributed by atoms with Crippen LogP contribution < -0.4 is 10.6 Å². The zero-order chi connectivity index (χ0) is 20.5. The van der Waals surface area contributed by atoms with Crippen LogP contribution in [0.3, 0.4) is 0 Å². The summed E-state index contributed by atoms with van der Waals surface area (Å²) in [6, 6.07) is 21.4. The van der Waals surface area contributed by atoms with Gasteiger partial charge in [-0.2, -0.15) is 5.26 Å². The summed E-state index contributed by atoms with van der Waals surface area (Å²) in [5, 5.41) is 14.6. The number of pyridine rings is 1. The quantitative estimate of drug-likeness (QED) is 0.589. The van der Waals surface area contributed by atoms with Gasteiger partial charge in [-0.1, -0.05) is 24.3 Å². The number of carbonyl (C=O) groups excluding carboxylic acids is 2. The van der Waals surface area contributed by atoms with Crippen molar-refractivity contribution in [1.82, 2.24) is 10.3 Å². The molecule has 1 aromatic heterocycles. The SMILES string of the molecule is N#Cc1cccc(NC(=O)CSc2ccccc2C(=O)NCc2ccccn2)c1. The predicted octanol–water partition coefficient (Wildman–Crippen LogP) is 3.61. The van der Waals surface area contributed by atoms with Crippen LogP contribution in [0.2, 0.25) is 0 Å². The van der Waals surface area contributed by atoms with Crippen molar-refractivity contribution in [2.24, 2.45) is 0 Å². The molecule has 0 spiro atoms. The Morgan fingerprint density at radius 3 is 2.66 bits per heavy atom. The lowest BCUT2D eigenvalue weighted by molar-refractivity contribution is -0.113. The largest absolute Gasteiger partial charge is 0.346 e. The molecular formula is C22H18N4O2S. The summed E-state index contributed by atoms with van der Waals surface area (Å²) < 4.78 is 0. The van der Waals surface area contributed by atoms with Crippen molar-refractivity contribution in [3.8, 4) is 6.07 Å². The van der Waals surface area contributed by atoms with Crippen molar-refractivity contribution in [1.29, 1.82) is 5.26 Å². The Balaban J connectivity index is 1.59. The molecule has 0 aliphatic heterocycles. The van der Waals surface area contributed by atoms with Crippen LogP contribution >= 0.6 is 11.8 Å². The monoisotopic (exact) mass is 402 g/mol. The second-order valence-electron chi connectivity index (χ2n) is 6.03. The lowest BCUT2D eigenvalue weighted by Crippen LogP contribution is -2.24. The summed E-state index contributed by atoms with van der Waals surface area (Å²) in [4.78, 5) is 29.7. The molecule has 0 aliphatic rings. The fourth-order valence-corrected chi connectivity index (χ4v) is 3.41. The van der Waals surface area contributed by atoms with Gasteiger partial charge in [0.1, 0.15) is 0 Å². The van der Waals surface area contributed by atoms with E-state index in [4.69, 9.17) is 5.26 Å². The zero-order valence-electron chi connectivity index (χ0n) is 15.5. The summed E-state index contributed by atoms with van der Waals surface area (Å²) in [7, 11) is 0. The topological polar surface area (TPSA) is 94.9 Å². The van der Waals surface area contributed by atoms with E-state index in [1.807, 2.05) is 36.4 Å². The minimum atomic E-state index is -0.221. The van der Waals surface area contributed by atoms with Crippen LogP contribution in [0.25, 0.3) is 0 Å². The molecule has 0 aliphatic carbocycles. The second-order valence-corrected chi connectivity index (χ2v) is 7.05. The normalized spacial score (nSPS) is 10.0. The van der Waals surface area contributed by atoms with Crippen LogP contribution in [0, 0.1) is 11.3 Å². The molecule has 1 heterocycles. The maximum atomic E-state index is 12.6. The lowest BCUT2D eigenvalue weighted by Gasteiger charge is -2.10. The fourth-order valence-electron chi connectivity index (χ4n) is 2.56. The molecule has 0 saturated heterocycles. The molecule has 2 aromatic carbocycles. The van der Waals surface area contributed by atoms with Gasteiger partial charge in [0, 0.05) is 16.8 Å². The van der Waals surface area contributed by atoms with E-state index in [9.17, 15) is 9.59 Å². The zero-order valence-corrected chi connectivity index (χ0v) is 16.3. The van der Waals surface area contributed by atoms with Crippen LogP contribution in [-0.4, -0.2) is 22.6 Å². The first-order chi connectivity index (χ1) is 14.2. The Kier molecular flexibility index (Phi) is 6.98. The molecule has 0 unspecified atom stereocenters. The number of thioether (sulfide) groups is 1. The van der Waals surface area contributed by atoms with Crippen LogP contribution in [0.5, 0.6) is 0 Å². The van der Waals surface area contributed by atoms with Crippen molar-refractivity contribution in [3.05, 3.63) is 89.7 Å². The number of nitrogens with one attached hydrogen (secondary N) is 2. The molecule has 0 atom stereocenters. The summed E-state index contributed by atoms with van der Waals surface area (Å²) in [5.41, 5.74) is 2.32. The van der Waals surface area contributed by atoms with Gasteiger partial charge in [0.25, 0.3) is 5.91 Å². The molecule has 29 heavy (non-hydrogen) atoms. The smallest absolute Gasteiger partial charge is 0.252 e. The van der Waals surface area contributed by atoms with Crippen molar-refractivity contribution in [3.63, 3.8) is 0 Å². The van der Waals surface area contributed by atoms with E-state index in [0.29, 0.717) is 28.3 Å². The van der Waals surface area contributed by atoms with E-state index in [-0.39, 0.29) is 17.6 Å². The maximum absolute atomic E-state index is 12.6. The van der Waals surface area contributed by atoms with Gasteiger partial charge >= 0.3 is 0 Å². The minimum Gasteiger partial charge on any atom is -0.346 e. The van der Waals surface area contributed by atoms with E-state index < -0.39 is 0 Å². The van der Waals surface area contributed by atoms with Crippen LogP contribution in [0.15, 0.2) is 77.8 Å². The molecular weight excluding hydrogens is 384 g/mol. The second kappa shape index (κ2) is 10.1. The number of hydrogen-bond acceptors (Lipinski definition) is 5. The number of rotatable bonds is 7. The first-order valence-corrected chi connectivity index (χ1v) is 9.84. The van der Waals surface area contributed by atoms with Crippen molar-refractivity contribution < 1.29 is 9.59 Å². The Morgan fingerprint density at radius 1 is 1.03 bits per heavy atom. The minimum absolute atomic E-state index is 0.140.